The summed E-state index contributed by atoms with van der Waals surface area (Å²) in [4.78, 5) is 35.6. The first kappa shape index (κ1) is 15.3. The molecule has 1 aliphatic heterocycles. The van der Waals surface area contributed by atoms with Crippen molar-refractivity contribution in [2.75, 3.05) is 13.7 Å². The number of alkyl carbamates (subject to hydrolysis) is 1. The molecule has 7 heteroatoms. The third kappa shape index (κ3) is 4.42. The fourth-order valence-corrected chi connectivity index (χ4v) is 2.25. The van der Waals surface area contributed by atoms with E-state index in [0.717, 1.165) is 12.8 Å². The van der Waals surface area contributed by atoms with Crippen LogP contribution in [0.1, 0.15) is 32.6 Å². The van der Waals surface area contributed by atoms with Gasteiger partial charge in [-0.05, 0) is 26.2 Å². The Morgan fingerprint density at radius 2 is 2.11 bits per heavy atom. The van der Waals surface area contributed by atoms with Gasteiger partial charge >= 0.3 is 12.1 Å². The van der Waals surface area contributed by atoms with Crippen LogP contribution in [0.15, 0.2) is 0 Å². The molecule has 0 aliphatic carbocycles. The van der Waals surface area contributed by atoms with E-state index in [9.17, 15) is 14.4 Å². The zero-order valence-corrected chi connectivity index (χ0v) is 11.2. The van der Waals surface area contributed by atoms with Crippen molar-refractivity contribution in [3.05, 3.63) is 0 Å². The maximum absolute atomic E-state index is 12.2. The summed E-state index contributed by atoms with van der Waals surface area (Å²) in [5.41, 5.74) is 0. The minimum Gasteiger partial charge on any atom is -0.481 e. The van der Waals surface area contributed by atoms with Crippen molar-refractivity contribution >= 4 is 18.0 Å². The predicted molar refractivity (Wildman–Crippen MR) is 66.6 cm³/mol. The number of carbonyl (C=O) groups excluding carboxylic acids is 2. The van der Waals surface area contributed by atoms with Crippen LogP contribution in [0.3, 0.4) is 0 Å². The molecule has 7 nitrogen and oxygen atoms in total. The number of methoxy groups -OCH3 is 1. The van der Waals surface area contributed by atoms with Crippen molar-refractivity contribution in [2.45, 2.75) is 44.7 Å². The molecule has 0 radical (unpaired) electrons. The number of ether oxygens (including phenoxy) is 1. The Balaban J connectivity index is 2.65. The molecule has 2 unspecified atom stereocenters. The van der Waals surface area contributed by atoms with Gasteiger partial charge in [0.1, 0.15) is 6.04 Å². The zero-order valence-electron chi connectivity index (χ0n) is 11.2. The van der Waals surface area contributed by atoms with Crippen LogP contribution in [0.25, 0.3) is 0 Å². The Morgan fingerprint density at radius 3 is 2.68 bits per heavy atom. The van der Waals surface area contributed by atoms with Crippen molar-refractivity contribution in [3.63, 3.8) is 0 Å². The standard InChI is InChI=1S/C12H20N2O5/c1-8(13-12(18)19-2)11(17)14-6-4-3-5-9(14)7-10(15)16/h8-9H,3-7H2,1-2H3,(H,13,18)(H,15,16). The van der Waals surface area contributed by atoms with Crippen molar-refractivity contribution in [3.8, 4) is 0 Å². The summed E-state index contributed by atoms with van der Waals surface area (Å²) >= 11 is 0. The lowest BCUT2D eigenvalue weighted by Crippen LogP contribution is -2.52. The van der Waals surface area contributed by atoms with Gasteiger partial charge in [-0.25, -0.2) is 4.79 Å². The number of carboxylic acid groups (broad SMARTS) is 1. The van der Waals surface area contributed by atoms with Crippen LogP contribution in [-0.4, -0.2) is 53.7 Å². The molecule has 2 atom stereocenters. The van der Waals surface area contributed by atoms with E-state index < -0.39 is 18.1 Å². The first-order valence-electron chi connectivity index (χ1n) is 6.32. The van der Waals surface area contributed by atoms with E-state index in [4.69, 9.17) is 5.11 Å². The number of carbonyl (C=O) groups is 3. The monoisotopic (exact) mass is 272 g/mol. The van der Waals surface area contributed by atoms with Gasteiger partial charge in [0.15, 0.2) is 0 Å². The molecular formula is C12H20N2O5. The number of carboxylic acids is 1. The summed E-state index contributed by atoms with van der Waals surface area (Å²) in [6.45, 7) is 2.09. The van der Waals surface area contributed by atoms with E-state index in [0.29, 0.717) is 13.0 Å². The molecule has 0 aromatic carbocycles. The maximum atomic E-state index is 12.2. The highest BCUT2D eigenvalue weighted by Gasteiger charge is 2.31. The molecule has 1 fully saturated rings. The quantitative estimate of drug-likeness (QED) is 0.780. The zero-order chi connectivity index (χ0) is 14.4. The summed E-state index contributed by atoms with van der Waals surface area (Å²) in [5.74, 6) is -1.19. The predicted octanol–water partition coefficient (Wildman–Crippen LogP) is 0.587. The summed E-state index contributed by atoms with van der Waals surface area (Å²) in [6.07, 6.45) is 1.72. The van der Waals surface area contributed by atoms with Gasteiger partial charge in [0, 0.05) is 12.6 Å². The molecule has 1 aliphatic rings. The average Bonchev–Trinajstić information content (AvgIpc) is 2.37. The van der Waals surface area contributed by atoms with E-state index in [-0.39, 0.29) is 18.4 Å². The molecule has 0 aromatic heterocycles. The van der Waals surface area contributed by atoms with Gasteiger partial charge in [0.25, 0.3) is 0 Å². The van der Waals surface area contributed by atoms with Gasteiger partial charge in [0.2, 0.25) is 5.91 Å². The minimum absolute atomic E-state index is 0.0588. The molecule has 0 spiro atoms. The Morgan fingerprint density at radius 1 is 1.42 bits per heavy atom. The maximum Gasteiger partial charge on any atom is 0.407 e. The van der Waals surface area contributed by atoms with Gasteiger partial charge < -0.3 is 20.1 Å². The molecule has 1 heterocycles. The van der Waals surface area contributed by atoms with E-state index in [1.54, 1.807) is 11.8 Å². The van der Waals surface area contributed by atoms with Crippen LogP contribution in [0.4, 0.5) is 4.79 Å². The number of piperidine rings is 1. The van der Waals surface area contributed by atoms with Gasteiger partial charge in [-0.2, -0.15) is 0 Å². The van der Waals surface area contributed by atoms with Crippen LogP contribution in [-0.2, 0) is 14.3 Å². The van der Waals surface area contributed by atoms with E-state index in [1.165, 1.54) is 7.11 Å². The van der Waals surface area contributed by atoms with Crippen LogP contribution < -0.4 is 5.32 Å². The molecule has 108 valence electrons. The number of rotatable bonds is 4. The summed E-state index contributed by atoms with van der Waals surface area (Å²) in [7, 11) is 1.22. The van der Waals surface area contributed by atoms with Crippen LogP contribution >= 0.6 is 0 Å². The average molecular weight is 272 g/mol. The third-order valence-electron chi connectivity index (χ3n) is 3.21. The van der Waals surface area contributed by atoms with E-state index >= 15 is 0 Å². The second-order valence-electron chi connectivity index (χ2n) is 4.64. The lowest BCUT2D eigenvalue weighted by atomic mass is 9.98. The van der Waals surface area contributed by atoms with Gasteiger partial charge in [-0.1, -0.05) is 0 Å². The Labute approximate surface area is 111 Å². The normalized spacial score (nSPS) is 20.5. The second-order valence-corrected chi connectivity index (χ2v) is 4.64. The molecule has 1 saturated heterocycles. The minimum atomic E-state index is -0.918. The number of hydrogen-bond donors (Lipinski definition) is 2. The molecule has 0 saturated carbocycles. The van der Waals surface area contributed by atoms with Crippen molar-refractivity contribution in [2.24, 2.45) is 0 Å². The molecule has 0 bridgehead atoms. The van der Waals surface area contributed by atoms with Crippen LogP contribution in [0, 0.1) is 0 Å². The SMILES string of the molecule is COC(=O)NC(C)C(=O)N1CCCCC1CC(=O)O. The van der Waals surface area contributed by atoms with Crippen molar-refractivity contribution in [1.29, 1.82) is 0 Å². The van der Waals surface area contributed by atoms with Crippen molar-refractivity contribution in [1.82, 2.24) is 10.2 Å². The fourth-order valence-electron chi connectivity index (χ4n) is 2.25. The van der Waals surface area contributed by atoms with Crippen LogP contribution in [0.5, 0.6) is 0 Å². The number of hydrogen-bond acceptors (Lipinski definition) is 4. The molecule has 2 amide bonds. The summed E-state index contributed by atoms with van der Waals surface area (Å²) < 4.78 is 4.43. The van der Waals surface area contributed by atoms with E-state index in [2.05, 4.69) is 10.1 Å². The topological polar surface area (TPSA) is 95.9 Å². The lowest BCUT2D eigenvalue weighted by Gasteiger charge is -2.36. The van der Waals surface area contributed by atoms with Crippen LogP contribution in [0.2, 0.25) is 0 Å². The molecular weight excluding hydrogens is 252 g/mol. The smallest absolute Gasteiger partial charge is 0.407 e. The number of likely N-dealkylation sites (tertiary alicyclic amines) is 1. The molecule has 0 aromatic rings. The van der Waals surface area contributed by atoms with E-state index in [1.807, 2.05) is 0 Å². The summed E-state index contributed by atoms with van der Waals surface area (Å²) in [5, 5.41) is 11.3. The Hall–Kier alpha value is -1.79. The third-order valence-corrected chi connectivity index (χ3v) is 3.21. The molecule has 1 rings (SSSR count). The number of aliphatic carboxylic acids is 1. The second kappa shape index (κ2) is 6.96. The van der Waals surface area contributed by atoms with Gasteiger partial charge in [-0.15, -0.1) is 0 Å². The highest BCUT2D eigenvalue weighted by molar-refractivity contribution is 5.86. The fraction of sp³-hybridized carbons (Fsp3) is 0.750. The Bertz CT molecular complexity index is 358. The first-order chi connectivity index (χ1) is 8.95. The van der Waals surface area contributed by atoms with Gasteiger partial charge in [-0.3, -0.25) is 9.59 Å². The first-order valence-corrected chi connectivity index (χ1v) is 6.32. The molecule has 19 heavy (non-hydrogen) atoms. The summed E-state index contributed by atoms with van der Waals surface area (Å²) in [6, 6.07) is -1.01. The van der Waals surface area contributed by atoms with Crippen molar-refractivity contribution < 1.29 is 24.2 Å². The number of amides is 2. The Kier molecular flexibility index (Phi) is 5.59. The number of nitrogens with zero attached hydrogens (tertiary/aromatic N) is 1. The largest absolute Gasteiger partial charge is 0.481 e. The number of nitrogens with one attached hydrogen (secondary N) is 1. The lowest BCUT2D eigenvalue weighted by molar-refractivity contribution is -0.142. The highest BCUT2D eigenvalue weighted by atomic mass is 16.5. The highest BCUT2D eigenvalue weighted by Crippen LogP contribution is 2.20. The molecule has 2 N–H and O–H groups in total. The van der Waals surface area contributed by atoms with Gasteiger partial charge in [0.05, 0.1) is 13.5 Å².